The quantitative estimate of drug-likeness (QED) is 0.763. The van der Waals surface area contributed by atoms with Crippen molar-refractivity contribution in [2.75, 3.05) is 26.2 Å². The van der Waals surface area contributed by atoms with Gasteiger partial charge in [0.15, 0.2) is 0 Å². The van der Waals surface area contributed by atoms with Crippen molar-refractivity contribution in [3.8, 4) is 6.07 Å². The summed E-state index contributed by atoms with van der Waals surface area (Å²) in [6.07, 6.45) is 0. The van der Waals surface area contributed by atoms with Gasteiger partial charge in [0.1, 0.15) is 6.07 Å². The number of benzene rings is 2. The van der Waals surface area contributed by atoms with Gasteiger partial charge in [-0.3, -0.25) is 4.90 Å². The first-order valence-corrected chi connectivity index (χ1v) is 10.2. The fourth-order valence-corrected chi connectivity index (χ4v) is 4.73. The van der Waals surface area contributed by atoms with Gasteiger partial charge in [-0.15, -0.1) is 0 Å². The molecule has 2 aromatic carbocycles. The molecule has 2 aromatic rings. The summed E-state index contributed by atoms with van der Waals surface area (Å²) in [7, 11) is -3.63. The van der Waals surface area contributed by atoms with Crippen molar-refractivity contribution < 1.29 is 8.42 Å². The topological polar surface area (TPSA) is 64.4 Å². The number of nitrogens with zero attached hydrogens (tertiary/aromatic N) is 3. The molecule has 0 unspecified atom stereocenters. The van der Waals surface area contributed by atoms with E-state index in [0.717, 1.165) is 11.0 Å². The number of hydrogen-bond acceptors (Lipinski definition) is 4. The number of halogens is 1. The van der Waals surface area contributed by atoms with E-state index in [1.54, 1.807) is 12.1 Å². The van der Waals surface area contributed by atoms with E-state index in [9.17, 15) is 8.42 Å². The molecular weight excluding hydrogens is 402 g/mol. The van der Waals surface area contributed by atoms with Crippen LogP contribution in [0.2, 0.25) is 0 Å². The Bertz CT molecular complexity index is 883. The Hall–Kier alpha value is -1.72. The third-order valence-electron chi connectivity index (χ3n) is 4.28. The maximum atomic E-state index is 12.8. The van der Waals surface area contributed by atoms with Crippen LogP contribution in [0.5, 0.6) is 0 Å². The summed E-state index contributed by atoms with van der Waals surface area (Å²) in [5, 5.41) is 9.16. The van der Waals surface area contributed by atoms with Crippen LogP contribution < -0.4 is 0 Å². The van der Waals surface area contributed by atoms with Crippen molar-refractivity contribution in [3.05, 3.63) is 64.1 Å². The van der Waals surface area contributed by atoms with Crippen LogP contribution in [0, 0.1) is 11.3 Å². The predicted molar refractivity (Wildman–Crippen MR) is 99.3 cm³/mol. The molecule has 0 aromatic heterocycles. The lowest BCUT2D eigenvalue weighted by Gasteiger charge is -2.34. The van der Waals surface area contributed by atoms with Crippen molar-refractivity contribution in [1.29, 1.82) is 5.26 Å². The van der Waals surface area contributed by atoms with E-state index in [4.69, 9.17) is 5.26 Å². The number of rotatable bonds is 4. The number of nitriles is 1. The molecule has 0 bridgehead atoms. The van der Waals surface area contributed by atoms with Gasteiger partial charge < -0.3 is 0 Å². The Labute approximate surface area is 156 Å². The summed E-state index contributed by atoms with van der Waals surface area (Å²) < 4.78 is 28.2. The molecule has 25 heavy (non-hydrogen) atoms. The molecule has 3 rings (SSSR count). The normalized spacial score (nSPS) is 16.5. The van der Waals surface area contributed by atoms with E-state index in [0.29, 0.717) is 26.2 Å². The van der Waals surface area contributed by atoms with E-state index in [1.807, 2.05) is 18.2 Å². The van der Waals surface area contributed by atoms with Gasteiger partial charge in [-0.2, -0.15) is 9.57 Å². The Morgan fingerprint density at radius 3 is 2.28 bits per heavy atom. The van der Waals surface area contributed by atoms with Crippen molar-refractivity contribution in [2.45, 2.75) is 11.4 Å². The maximum Gasteiger partial charge on any atom is 0.244 e. The van der Waals surface area contributed by atoms with Gasteiger partial charge in [-0.1, -0.05) is 40.2 Å². The largest absolute Gasteiger partial charge is 0.296 e. The molecule has 1 saturated heterocycles. The summed E-state index contributed by atoms with van der Waals surface area (Å²) in [6.45, 7) is 3.00. The Morgan fingerprint density at radius 1 is 1.00 bits per heavy atom. The molecule has 7 heteroatoms. The predicted octanol–water partition coefficient (Wildman–Crippen LogP) is 2.83. The van der Waals surface area contributed by atoms with Gasteiger partial charge >= 0.3 is 0 Å². The second-order valence-electron chi connectivity index (χ2n) is 5.91. The first-order valence-electron chi connectivity index (χ1n) is 7.97. The molecular formula is C18H18BrN3O2S. The van der Waals surface area contributed by atoms with E-state index in [2.05, 4.69) is 33.0 Å². The zero-order valence-corrected chi connectivity index (χ0v) is 16.0. The smallest absolute Gasteiger partial charge is 0.244 e. The molecule has 130 valence electrons. The highest BCUT2D eigenvalue weighted by atomic mass is 79.9. The van der Waals surface area contributed by atoms with Gasteiger partial charge in [0.2, 0.25) is 10.0 Å². The molecule has 0 amide bonds. The molecule has 1 heterocycles. The monoisotopic (exact) mass is 419 g/mol. The van der Waals surface area contributed by atoms with Gasteiger partial charge in [-0.05, 0) is 29.8 Å². The third-order valence-corrected chi connectivity index (χ3v) is 6.76. The van der Waals surface area contributed by atoms with Gasteiger partial charge in [0.25, 0.3) is 0 Å². The summed E-state index contributed by atoms with van der Waals surface area (Å²) in [5.41, 5.74) is 1.40. The molecule has 1 aliphatic heterocycles. The summed E-state index contributed by atoms with van der Waals surface area (Å²) >= 11 is 3.42. The van der Waals surface area contributed by atoms with Crippen LogP contribution in [-0.2, 0) is 16.6 Å². The third kappa shape index (κ3) is 4.10. The number of hydrogen-bond donors (Lipinski definition) is 0. The molecule has 0 N–H and O–H groups in total. The maximum absolute atomic E-state index is 12.8. The first-order chi connectivity index (χ1) is 12.0. The molecule has 5 nitrogen and oxygen atoms in total. The van der Waals surface area contributed by atoms with Crippen molar-refractivity contribution in [2.24, 2.45) is 0 Å². The molecule has 0 spiro atoms. The molecule has 1 aliphatic rings. The minimum absolute atomic E-state index is 0.0962. The van der Waals surface area contributed by atoms with Gasteiger partial charge in [-0.25, -0.2) is 8.42 Å². The second kappa shape index (κ2) is 7.67. The number of sulfonamides is 1. The zero-order chi connectivity index (χ0) is 17.9. The molecule has 0 aliphatic carbocycles. The van der Waals surface area contributed by atoms with Gasteiger partial charge in [0.05, 0.1) is 10.5 Å². The lowest BCUT2D eigenvalue weighted by Crippen LogP contribution is -2.48. The average molecular weight is 420 g/mol. The minimum atomic E-state index is -3.63. The summed E-state index contributed by atoms with van der Waals surface area (Å²) in [6, 6.07) is 16.5. The van der Waals surface area contributed by atoms with E-state index >= 15 is 0 Å². The summed E-state index contributed by atoms with van der Waals surface area (Å²) in [5.74, 6) is 0. The van der Waals surface area contributed by atoms with Crippen LogP contribution >= 0.6 is 15.9 Å². The highest BCUT2D eigenvalue weighted by molar-refractivity contribution is 9.10. The minimum Gasteiger partial charge on any atom is -0.296 e. The van der Waals surface area contributed by atoms with E-state index in [1.165, 1.54) is 22.0 Å². The molecule has 0 radical (unpaired) electrons. The van der Waals surface area contributed by atoms with Crippen LogP contribution in [0.4, 0.5) is 0 Å². The highest BCUT2D eigenvalue weighted by Crippen LogP contribution is 2.21. The van der Waals surface area contributed by atoms with Crippen molar-refractivity contribution >= 4 is 26.0 Å². The first kappa shape index (κ1) is 18.1. The SMILES string of the molecule is N#Cc1ccccc1S(=O)(=O)N1CCN(Cc2ccc(Br)cc2)CC1. The standard InChI is InChI=1S/C18H18BrN3O2S/c19-17-7-5-15(6-8-17)14-21-9-11-22(12-10-21)25(23,24)18-4-2-1-3-16(18)13-20/h1-8H,9-12,14H2. The highest BCUT2D eigenvalue weighted by Gasteiger charge is 2.30. The lowest BCUT2D eigenvalue weighted by atomic mass is 10.2. The average Bonchev–Trinajstić information content (AvgIpc) is 2.64. The fourth-order valence-electron chi connectivity index (χ4n) is 2.90. The van der Waals surface area contributed by atoms with Gasteiger partial charge in [0, 0.05) is 37.2 Å². The molecule has 0 atom stereocenters. The van der Waals surface area contributed by atoms with Crippen LogP contribution in [0.1, 0.15) is 11.1 Å². The van der Waals surface area contributed by atoms with Crippen LogP contribution in [0.25, 0.3) is 0 Å². The van der Waals surface area contributed by atoms with Crippen molar-refractivity contribution in [3.63, 3.8) is 0 Å². The molecule has 1 fully saturated rings. The van der Waals surface area contributed by atoms with Crippen LogP contribution in [-0.4, -0.2) is 43.8 Å². The fraction of sp³-hybridized carbons (Fsp3) is 0.278. The lowest BCUT2D eigenvalue weighted by molar-refractivity contribution is 0.181. The van der Waals surface area contributed by atoms with Crippen molar-refractivity contribution in [1.82, 2.24) is 9.21 Å². The second-order valence-corrected chi connectivity index (χ2v) is 8.74. The van der Waals surface area contributed by atoms with Crippen LogP contribution in [0.3, 0.4) is 0 Å². The molecule has 0 saturated carbocycles. The van der Waals surface area contributed by atoms with E-state index < -0.39 is 10.0 Å². The van der Waals surface area contributed by atoms with Crippen LogP contribution in [0.15, 0.2) is 57.9 Å². The Kier molecular flexibility index (Phi) is 5.54. The zero-order valence-electron chi connectivity index (χ0n) is 13.6. The van der Waals surface area contributed by atoms with E-state index in [-0.39, 0.29) is 10.5 Å². The number of piperazine rings is 1. The summed E-state index contributed by atoms with van der Waals surface area (Å²) in [4.78, 5) is 2.34. The Morgan fingerprint density at radius 2 is 1.64 bits per heavy atom. The Balaban J connectivity index is 1.67.